The third-order valence-electron chi connectivity index (χ3n) is 1.52. The molecule has 0 bridgehead atoms. The van der Waals surface area contributed by atoms with Gasteiger partial charge in [-0.25, -0.2) is 8.42 Å². The van der Waals surface area contributed by atoms with E-state index in [2.05, 4.69) is 4.74 Å². The van der Waals surface area contributed by atoms with Gasteiger partial charge in [-0.2, -0.15) is 0 Å². The third kappa shape index (κ3) is 4.25. The maximum atomic E-state index is 11.4. The zero-order chi connectivity index (χ0) is 10.6. The fourth-order valence-corrected chi connectivity index (χ4v) is 1.88. The molecule has 0 aromatic heterocycles. The number of ether oxygens (including phenoxy) is 1. The molecule has 0 unspecified atom stereocenters. The zero-order valence-electron chi connectivity index (χ0n) is 8.51. The van der Waals surface area contributed by atoms with Crippen molar-refractivity contribution in [3.8, 4) is 0 Å². The second-order valence-corrected chi connectivity index (χ2v) is 4.30. The molecule has 0 aliphatic rings. The minimum absolute atomic E-state index is 0. The quantitative estimate of drug-likeness (QED) is 0.422. The van der Waals surface area contributed by atoms with Crippen molar-refractivity contribution in [2.75, 3.05) is 7.11 Å². The Balaban J connectivity index is 0.00000196. The van der Waals surface area contributed by atoms with Gasteiger partial charge >= 0.3 is 29.6 Å². The number of methoxy groups -OCH3 is 1. The van der Waals surface area contributed by atoms with Crippen LogP contribution in [-0.4, -0.2) is 15.5 Å². The number of sulfone groups is 1. The Morgan fingerprint density at radius 2 is 1.87 bits per heavy atom. The van der Waals surface area contributed by atoms with Gasteiger partial charge in [-0.3, -0.25) is 0 Å². The van der Waals surface area contributed by atoms with Gasteiger partial charge in [-0.05, 0) is 19.2 Å². The van der Waals surface area contributed by atoms with E-state index in [1.807, 2.05) is 0 Å². The largest absolute Gasteiger partial charge is 1.00 e. The summed E-state index contributed by atoms with van der Waals surface area (Å²) in [5, 5.41) is 11.3. The second kappa shape index (κ2) is 6.17. The molecular formula is C9H9NaO4S. The van der Waals surface area contributed by atoms with E-state index in [1.54, 1.807) is 18.2 Å². The van der Waals surface area contributed by atoms with E-state index in [1.165, 1.54) is 12.1 Å². The first-order chi connectivity index (χ1) is 6.56. The normalized spacial score (nSPS) is 11.7. The van der Waals surface area contributed by atoms with Gasteiger partial charge in [0.05, 0.1) is 16.2 Å². The molecule has 0 aliphatic heterocycles. The smallest absolute Gasteiger partial charge is 0.616 e. The van der Waals surface area contributed by atoms with Crippen molar-refractivity contribution in [2.24, 2.45) is 0 Å². The van der Waals surface area contributed by atoms with Gasteiger partial charge < -0.3 is 9.84 Å². The molecule has 4 nitrogen and oxygen atoms in total. The van der Waals surface area contributed by atoms with E-state index < -0.39 is 15.8 Å². The molecule has 0 radical (unpaired) electrons. The molecule has 0 saturated carbocycles. The van der Waals surface area contributed by atoms with Gasteiger partial charge in [-0.15, -0.1) is 0 Å². The van der Waals surface area contributed by atoms with Crippen LogP contribution in [0.3, 0.4) is 0 Å². The molecule has 76 valence electrons. The number of benzene rings is 1. The van der Waals surface area contributed by atoms with Crippen LogP contribution in [0, 0.1) is 0 Å². The average molecular weight is 236 g/mol. The average Bonchev–Trinajstić information content (AvgIpc) is 2.18. The molecule has 1 aromatic carbocycles. The van der Waals surface area contributed by atoms with Crippen LogP contribution in [-0.2, 0) is 14.6 Å². The summed E-state index contributed by atoms with van der Waals surface area (Å²) in [4.78, 5) is 0.0744. The van der Waals surface area contributed by atoms with Crippen LogP contribution in [0.4, 0.5) is 0 Å². The van der Waals surface area contributed by atoms with E-state index >= 15 is 0 Å². The standard InChI is InChI=1S/C9H10O4S.Na/c1-13-9(10)7-14(11,12)8-5-3-2-4-6-8;/h2-7,10H,1H3;/q;+1/p-1. The third-order valence-corrected chi connectivity index (χ3v) is 2.96. The molecule has 1 aromatic rings. The van der Waals surface area contributed by atoms with Gasteiger partial charge in [0.1, 0.15) is 0 Å². The number of hydrogen-bond donors (Lipinski definition) is 0. The first kappa shape index (κ1) is 14.5. The zero-order valence-corrected chi connectivity index (χ0v) is 11.3. The van der Waals surface area contributed by atoms with Crippen LogP contribution in [0.2, 0.25) is 0 Å². The van der Waals surface area contributed by atoms with Crippen LogP contribution < -0.4 is 34.7 Å². The van der Waals surface area contributed by atoms with Crippen LogP contribution in [0.15, 0.2) is 46.6 Å². The fourth-order valence-electron chi connectivity index (χ4n) is 0.853. The summed E-state index contributed by atoms with van der Waals surface area (Å²) >= 11 is 0. The van der Waals surface area contributed by atoms with Crippen LogP contribution in [0.25, 0.3) is 0 Å². The van der Waals surface area contributed by atoms with Crippen molar-refractivity contribution >= 4 is 9.84 Å². The molecule has 1 rings (SSSR count). The Morgan fingerprint density at radius 3 is 2.33 bits per heavy atom. The van der Waals surface area contributed by atoms with Crippen LogP contribution in [0.1, 0.15) is 0 Å². The van der Waals surface area contributed by atoms with Gasteiger partial charge in [0.15, 0.2) is 0 Å². The van der Waals surface area contributed by atoms with Crippen molar-refractivity contribution in [2.45, 2.75) is 4.90 Å². The Kier molecular flexibility index (Phi) is 5.97. The predicted molar refractivity (Wildman–Crippen MR) is 48.7 cm³/mol. The SMILES string of the molecule is COC([O-])=CS(=O)(=O)c1ccccc1.[Na+]. The molecule has 0 amide bonds. The van der Waals surface area contributed by atoms with E-state index in [9.17, 15) is 13.5 Å². The molecule has 15 heavy (non-hydrogen) atoms. The molecule has 0 N–H and O–H groups in total. The van der Waals surface area contributed by atoms with Crippen molar-refractivity contribution in [3.05, 3.63) is 41.7 Å². The van der Waals surface area contributed by atoms with Gasteiger partial charge in [0, 0.05) is 0 Å². The number of hydrogen-bond acceptors (Lipinski definition) is 4. The molecule has 0 atom stereocenters. The van der Waals surface area contributed by atoms with Crippen LogP contribution in [0.5, 0.6) is 0 Å². The number of rotatable bonds is 3. The first-order valence-electron chi connectivity index (χ1n) is 3.79. The second-order valence-electron chi connectivity index (χ2n) is 2.50. The molecule has 0 fully saturated rings. The van der Waals surface area contributed by atoms with E-state index in [4.69, 9.17) is 0 Å². The molecule has 0 saturated heterocycles. The Bertz CT molecular complexity index is 425. The predicted octanol–water partition coefficient (Wildman–Crippen LogP) is -2.73. The summed E-state index contributed by atoms with van der Waals surface area (Å²) in [7, 11) is -2.55. The monoisotopic (exact) mass is 236 g/mol. The molecule has 6 heteroatoms. The van der Waals surface area contributed by atoms with Gasteiger partial charge in [0.25, 0.3) is 0 Å². The summed E-state index contributed by atoms with van der Waals surface area (Å²) in [5.41, 5.74) is 0. The summed E-state index contributed by atoms with van der Waals surface area (Å²) < 4.78 is 27.1. The van der Waals surface area contributed by atoms with Gasteiger partial charge in [0.2, 0.25) is 9.84 Å². The Hall–Kier alpha value is -0.490. The topological polar surface area (TPSA) is 66.4 Å². The minimum Gasteiger partial charge on any atom is -0.616 e. The summed E-state index contributed by atoms with van der Waals surface area (Å²) in [6.45, 7) is 0. The fraction of sp³-hybridized carbons (Fsp3) is 0.111. The van der Waals surface area contributed by atoms with E-state index in [-0.39, 0.29) is 34.5 Å². The molecule has 0 aliphatic carbocycles. The minimum atomic E-state index is -3.67. The maximum Gasteiger partial charge on any atom is 1.00 e. The maximum absolute atomic E-state index is 11.4. The summed E-state index contributed by atoms with van der Waals surface area (Å²) in [6, 6.07) is 7.68. The van der Waals surface area contributed by atoms with E-state index in [0.717, 1.165) is 7.11 Å². The molecule has 0 heterocycles. The van der Waals surface area contributed by atoms with Crippen molar-refractivity contribution < 1.29 is 47.8 Å². The Morgan fingerprint density at radius 1 is 1.33 bits per heavy atom. The Labute approximate surface area is 111 Å². The van der Waals surface area contributed by atoms with Crippen molar-refractivity contribution in [3.63, 3.8) is 0 Å². The molecule has 0 spiro atoms. The summed E-state index contributed by atoms with van der Waals surface area (Å²) in [5.74, 6) is -0.881. The first-order valence-corrected chi connectivity index (χ1v) is 5.34. The van der Waals surface area contributed by atoms with E-state index in [0.29, 0.717) is 5.41 Å². The summed E-state index contributed by atoms with van der Waals surface area (Å²) in [6.07, 6.45) is 0. The van der Waals surface area contributed by atoms with Crippen LogP contribution >= 0.6 is 0 Å². The van der Waals surface area contributed by atoms with Crippen molar-refractivity contribution in [1.29, 1.82) is 0 Å². The molecular weight excluding hydrogens is 227 g/mol. The van der Waals surface area contributed by atoms with Gasteiger partial charge in [-0.1, -0.05) is 18.2 Å². The van der Waals surface area contributed by atoms with Crippen molar-refractivity contribution in [1.82, 2.24) is 0 Å².